The Bertz CT molecular complexity index is 1030. The molecule has 2 aromatic rings. The van der Waals surface area contributed by atoms with E-state index in [2.05, 4.69) is 24.5 Å². The molecule has 1 fully saturated rings. The van der Waals surface area contributed by atoms with E-state index in [0.29, 0.717) is 41.9 Å². The van der Waals surface area contributed by atoms with Gasteiger partial charge in [0.25, 0.3) is 5.91 Å². The van der Waals surface area contributed by atoms with E-state index in [9.17, 15) is 14.4 Å². The van der Waals surface area contributed by atoms with Crippen molar-refractivity contribution in [1.82, 2.24) is 10.2 Å². The lowest BCUT2D eigenvalue weighted by Crippen LogP contribution is -2.42. The summed E-state index contributed by atoms with van der Waals surface area (Å²) in [4.78, 5) is 39.1. The molecule has 0 spiro atoms. The highest BCUT2D eigenvalue weighted by Gasteiger charge is 2.49. The molecule has 8 heteroatoms. The van der Waals surface area contributed by atoms with Crippen molar-refractivity contribution < 1.29 is 23.9 Å². The molecule has 0 radical (unpaired) electrons. The van der Waals surface area contributed by atoms with Crippen molar-refractivity contribution in [3.8, 4) is 11.5 Å². The van der Waals surface area contributed by atoms with E-state index in [4.69, 9.17) is 9.47 Å². The number of imide groups is 1. The minimum atomic E-state index is -1.30. The summed E-state index contributed by atoms with van der Waals surface area (Å²) in [6.07, 6.45) is 0. The number of ether oxygens (including phenoxy) is 2. The highest BCUT2D eigenvalue weighted by molar-refractivity contribution is 6.10. The molecule has 0 bridgehead atoms. The van der Waals surface area contributed by atoms with Gasteiger partial charge in [-0.1, -0.05) is 32.0 Å². The second-order valence-electron chi connectivity index (χ2n) is 8.13. The monoisotopic (exact) mass is 423 g/mol. The van der Waals surface area contributed by atoms with Gasteiger partial charge in [0.2, 0.25) is 5.91 Å². The lowest BCUT2D eigenvalue weighted by Gasteiger charge is -2.25. The standard InChI is InChI=1S/C23H25N3O5/c1-14(2)15-4-7-17(8-5-15)24-20(27)13-26-21(28)23(3,25-22(26)29)16-6-9-18-19(12-16)31-11-10-30-18/h4-9,12,14H,10-11,13H2,1-3H3,(H,24,27)(H,25,29)/t23-/m1/s1. The molecule has 162 valence electrons. The maximum Gasteiger partial charge on any atom is 0.325 e. The first-order valence-electron chi connectivity index (χ1n) is 10.2. The number of fused-ring (bicyclic) bond motifs is 1. The van der Waals surface area contributed by atoms with Gasteiger partial charge in [0.15, 0.2) is 11.5 Å². The summed E-state index contributed by atoms with van der Waals surface area (Å²) < 4.78 is 11.1. The number of anilines is 1. The Hall–Kier alpha value is -3.55. The number of urea groups is 1. The number of amides is 4. The molecule has 0 aliphatic carbocycles. The fourth-order valence-electron chi connectivity index (χ4n) is 3.69. The lowest BCUT2D eigenvalue weighted by atomic mass is 9.91. The number of carbonyl (C=O) groups is 3. The summed E-state index contributed by atoms with van der Waals surface area (Å²) in [5.74, 6) is 0.545. The van der Waals surface area contributed by atoms with E-state index in [0.717, 1.165) is 10.5 Å². The summed E-state index contributed by atoms with van der Waals surface area (Å²) in [5.41, 5.74) is 1.02. The number of carbonyl (C=O) groups excluding carboxylic acids is 3. The van der Waals surface area contributed by atoms with Gasteiger partial charge in [0.05, 0.1) is 0 Å². The number of nitrogens with zero attached hydrogens (tertiary/aromatic N) is 1. The molecule has 1 saturated heterocycles. The number of hydrogen-bond acceptors (Lipinski definition) is 5. The second-order valence-corrected chi connectivity index (χ2v) is 8.13. The Morgan fingerprint density at radius 1 is 1.10 bits per heavy atom. The Labute approximate surface area is 180 Å². The summed E-state index contributed by atoms with van der Waals surface area (Å²) >= 11 is 0. The molecule has 2 aliphatic rings. The van der Waals surface area contributed by atoms with Crippen LogP contribution in [0.1, 0.15) is 37.8 Å². The molecule has 31 heavy (non-hydrogen) atoms. The van der Waals surface area contributed by atoms with Crippen LogP contribution in [-0.2, 0) is 15.1 Å². The van der Waals surface area contributed by atoms with Gasteiger partial charge in [-0.3, -0.25) is 14.5 Å². The molecular formula is C23H25N3O5. The average Bonchev–Trinajstić information content (AvgIpc) is 2.97. The zero-order chi connectivity index (χ0) is 22.2. The van der Waals surface area contributed by atoms with E-state index in [-0.39, 0.29) is 6.54 Å². The van der Waals surface area contributed by atoms with Gasteiger partial charge in [0.1, 0.15) is 25.3 Å². The van der Waals surface area contributed by atoms with Gasteiger partial charge in [-0.25, -0.2) is 4.79 Å². The molecule has 2 aromatic carbocycles. The van der Waals surface area contributed by atoms with Crippen molar-refractivity contribution in [1.29, 1.82) is 0 Å². The maximum absolute atomic E-state index is 13.1. The molecule has 1 atom stereocenters. The van der Waals surface area contributed by atoms with Gasteiger partial charge in [-0.05, 0) is 48.2 Å². The molecule has 2 aliphatic heterocycles. The molecule has 2 heterocycles. The fourth-order valence-corrected chi connectivity index (χ4v) is 3.69. The molecule has 0 unspecified atom stereocenters. The van der Waals surface area contributed by atoms with Crippen LogP contribution in [0.15, 0.2) is 42.5 Å². The topological polar surface area (TPSA) is 97.0 Å². The largest absolute Gasteiger partial charge is 0.486 e. The first-order valence-corrected chi connectivity index (χ1v) is 10.2. The predicted molar refractivity (Wildman–Crippen MR) is 114 cm³/mol. The van der Waals surface area contributed by atoms with Crippen molar-refractivity contribution in [2.24, 2.45) is 0 Å². The summed E-state index contributed by atoms with van der Waals surface area (Å²) in [7, 11) is 0. The highest BCUT2D eigenvalue weighted by atomic mass is 16.6. The van der Waals surface area contributed by atoms with E-state index < -0.39 is 23.4 Å². The SMILES string of the molecule is CC(C)c1ccc(NC(=O)CN2C(=O)N[C@](C)(c3ccc4c(c3)OCCO4)C2=O)cc1. The van der Waals surface area contributed by atoms with Gasteiger partial charge < -0.3 is 20.1 Å². The third-order valence-electron chi connectivity index (χ3n) is 5.56. The average molecular weight is 423 g/mol. The van der Waals surface area contributed by atoms with Crippen LogP contribution in [0.2, 0.25) is 0 Å². The zero-order valence-electron chi connectivity index (χ0n) is 17.7. The quantitative estimate of drug-likeness (QED) is 0.721. The van der Waals surface area contributed by atoms with Crippen LogP contribution in [0.4, 0.5) is 10.5 Å². The Morgan fingerprint density at radius 3 is 2.45 bits per heavy atom. The number of benzene rings is 2. The van der Waals surface area contributed by atoms with Crippen LogP contribution in [0.3, 0.4) is 0 Å². The van der Waals surface area contributed by atoms with Crippen molar-refractivity contribution >= 4 is 23.5 Å². The summed E-state index contributed by atoms with van der Waals surface area (Å²) in [6.45, 7) is 6.28. The first kappa shape index (κ1) is 20.7. The molecule has 0 aromatic heterocycles. The predicted octanol–water partition coefficient (Wildman–Crippen LogP) is 2.99. The van der Waals surface area contributed by atoms with Crippen LogP contribution in [0, 0.1) is 0 Å². The minimum Gasteiger partial charge on any atom is -0.486 e. The van der Waals surface area contributed by atoms with Crippen molar-refractivity contribution in [3.05, 3.63) is 53.6 Å². The van der Waals surface area contributed by atoms with Crippen LogP contribution < -0.4 is 20.1 Å². The zero-order valence-corrected chi connectivity index (χ0v) is 17.7. The van der Waals surface area contributed by atoms with Crippen molar-refractivity contribution in [2.75, 3.05) is 25.1 Å². The Morgan fingerprint density at radius 2 is 1.77 bits per heavy atom. The number of rotatable bonds is 5. The second kappa shape index (κ2) is 7.94. The van der Waals surface area contributed by atoms with E-state index in [1.165, 1.54) is 0 Å². The molecule has 2 N–H and O–H groups in total. The maximum atomic E-state index is 13.1. The number of hydrogen-bond donors (Lipinski definition) is 2. The first-order chi connectivity index (χ1) is 14.8. The van der Waals surface area contributed by atoms with Gasteiger partial charge >= 0.3 is 6.03 Å². The normalized spacial score (nSPS) is 20.1. The van der Waals surface area contributed by atoms with Crippen LogP contribution >= 0.6 is 0 Å². The van der Waals surface area contributed by atoms with Gasteiger partial charge in [0, 0.05) is 5.69 Å². The lowest BCUT2D eigenvalue weighted by molar-refractivity contribution is -0.133. The third-order valence-corrected chi connectivity index (χ3v) is 5.56. The van der Waals surface area contributed by atoms with Crippen LogP contribution in [0.5, 0.6) is 11.5 Å². The fraction of sp³-hybridized carbons (Fsp3) is 0.348. The smallest absolute Gasteiger partial charge is 0.325 e. The van der Waals surface area contributed by atoms with Crippen LogP contribution in [-0.4, -0.2) is 42.5 Å². The summed E-state index contributed by atoms with van der Waals surface area (Å²) in [5, 5.41) is 5.44. The minimum absolute atomic E-state index is 0.378. The molecule has 0 saturated carbocycles. The van der Waals surface area contributed by atoms with E-state index in [1.807, 2.05) is 12.1 Å². The summed E-state index contributed by atoms with van der Waals surface area (Å²) in [6, 6.07) is 12.0. The third kappa shape index (κ3) is 3.93. The molecular weight excluding hydrogens is 398 g/mol. The van der Waals surface area contributed by atoms with Crippen LogP contribution in [0.25, 0.3) is 0 Å². The van der Waals surface area contributed by atoms with Gasteiger partial charge in [-0.2, -0.15) is 0 Å². The molecule has 4 rings (SSSR count). The highest BCUT2D eigenvalue weighted by Crippen LogP contribution is 2.36. The molecule has 8 nitrogen and oxygen atoms in total. The van der Waals surface area contributed by atoms with E-state index in [1.54, 1.807) is 37.3 Å². The Balaban J connectivity index is 1.47. The van der Waals surface area contributed by atoms with Gasteiger partial charge in [-0.15, -0.1) is 0 Å². The van der Waals surface area contributed by atoms with E-state index >= 15 is 0 Å². The van der Waals surface area contributed by atoms with Crippen molar-refractivity contribution in [3.63, 3.8) is 0 Å². The number of nitrogens with one attached hydrogen (secondary N) is 2. The Kier molecular flexibility index (Phi) is 5.31. The molecule has 4 amide bonds. The van der Waals surface area contributed by atoms with Crippen molar-refractivity contribution in [2.45, 2.75) is 32.2 Å².